The molecule has 0 heterocycles. The zero-order valence-corrected chi connectivity index (χ0v) is 14.3. The van der Waals surface area contributed by atoms with Gasteiger partial charge in [0.15, 0.2) is 0 Å². The predicted molar refractivity (Wildman–Crippen MR) is 83.1 cm³/mol. The molecule has 5 nitrogen and oxygen atoms in total. The van der Waals surface area contributed by atoms with Crippen LogP contribution < -0.4 is 0 Å². The van der Waals surface area contributed by atoms with E-state index in [2.05, 4.69) is 0 Å². The lowest BCUT2D eigenvalue weighted by atomic mass is 10.2. The van der Waals surface area contributed by atoms with Crippen LogP contribution in [-0.2, 0) is 23.8 Å². The molecule has 0 rings (SSSR count). The molecule has 0 amide bonds. The average molecular weight is 343 g/mol. The van der Waals surface area contributed by atoms with Gasteiger partial charge in [-0.15, -0.1) is 11.6 Å². The van der Waals surface area contributed by atoms with E-state index in [1.807, 2.05) is 6.92 Å². The van der Waals surface area contributed by atoms with Crippen molar-refractivity contribution < 1.29 is 23.8 Å². The Morgan fingerprint density at radius 1 is 1.25 bits per heavy atom. The van der Waals surface area contributed by atoms with Crippen LogP contribution in [0.5, 0.6) is 0 Å². The number of thiocarbonyl (C=S) groups is 1. The molecule has 8 heteroatoms. The Hall–Kier alpha value is -0.530. The highest BCUT2D eigenvalue weighted by atomic mass is 35.5. The van der Waals surface area contributed by atoms with Gasteiger partial charge in [0.05, 0.1) is 6.61 Å². The summed E-state index contributed by atoms with van der Waals surface area (Å²) in [5.41, 5.74) is 0. The van der Waals surface area contributed by atoms with Crippen molar-refractivity contribution in [1.82, 2.24) is 0 Å². The number of carbonyl (C=O) groups excluding carboxylic acids is 2. The van der Waals surface area contributed by atoms with E-state index in [9.17, 15) is 9.59 Å². The van der Waals surface area contributed by atoms with Crippen LogP contribution in [-0.4, -0.2) is 46.3 Å². The van der Waals surface area contributed by atoms with E-state index in [1.165, 1.54) is 13.8 Å². The number of thioether (sulfide) groups is 1. The summed E-state index contributed by atoms with van der Waals surface area (Å²) in [5, 5.41) is -0.478. The van der Waals surface area contributed by atoms with Crippen LogP contribution in [0.4, 0.5) is 0 Å². The first-order chi connectivity index (χ1) is 9.18. The highest BCUT2D eigenvalue weighted by Crippen LogP contribution is 2.16. The normalized spacial score (nSPS) is 12.4. The predicted octanol–water partition coefficient (Wildman–Crippen LogP) is 2.53. The van der Waals surface area contributed by atoms with Gasteiger partial charge in [0.25, 0.3) is 0 Å². The molecular weight excluding hydrogens is 324 g/mol. The van der Waals surface area contributed by atoms with Crippen LogP contribution in [0.2, 0.25) is 0 Å². The molecule has 0 saturated heterocycles. The number of rotatable bonds is 7. The summed E-state index contributed by atoms with van der Waals surface area (Å²) in [6.07, 6.45) is 0. The van der Waals surface area contributed by atoms with E-state index in [-0.39, 0.29) is 13.2 Å². The van der Waals surface area contributed by atoms with E-state index in [0.717, 1.165) is 11.8 Å². The minimum atomic E-state index is -1.09. The van der Waals surface area contributed by atoms with Gasteiger partial charge < -0.3 is 14.2 Å². The number of carbonyl (C=O) groups is 2. The Balaban J connectivity index is 3.88. The molecule has 116 valence electrons. The first-order valence-corrected chi connectivity index (χ1v) is 7.71. The summed E-state index contributed by atoms with van der Waals surface area (Å²) >= 11 is 11.8. The van der Waals surface area contributed by atoms with E-state index < -0.39 is 22.1 Å². The topological polar surface area (TPSA) is 61.8 Å². The maximum Gasteiger partial charge on any atom is 0.326 e. The Bertz CT molecular complexity index is 354. The van der Waals surface area contributed by atoms with Gasteiger partial charge in [-0.05, 0) is 39.9 Å². The number of hydrogen-bond donors (Lipinski definition) is 0. The highest BCUT2D eigenvalue weighted by Gasteiger charge is 2.26. The quantitative estimate of drug-likeness (QED) is 0.305. The van der Waals surface area contributed by atoms with Gasteiger partial charge in [-0.2, -0.15) is 0 Å². The fourth-order valence-electron chi connectivity index (χ4n) is 0.910. The van der Waals surface area contributed by atoms with Crippen LogP contribution in [0.15, 0.2) is 0 Å². The maximum absolute atomic E-state index is 11.6. The second-order valence-corrected chi connectivity index (χ2v) is 7.11. The molecular formula is C12H19ClO5S2. The fourth-order valence-corrected chi connectivity index (χ4v) is 2.15. The third kappa shape index (κ3) is 8.60. The number of hydrogen-bond acceptors (Lipinski definition) is 7. The fraction of sp³-hybridized carbons (Fsp3) is 0.750. The largest absolute Gasteiger partial charge is 0.479 e. The molecule has 0 N–H and O–H groups in total. The molecule has 1 unspecified atom stereocenters. The molecule has 1 atom stereocenters. The number of esters is 2. The molecule has 0 aliphatic heterocycles. The molecule has 0 aromatic rings. The van der Waals surface area contributed by atoms with Crippen LogP contribution in [0.1, 0.15) is 27.7 Å². The molecule has 0 radical (unpaired) electrons. The smallest absolute Gasteiger partial charge is 0.326 e. The van der Waals surface area contributed by atoms with Crippen LogP contribution in [0.3, 0.4) is 0 Å². The van der Waals surface area contributed by atoms with Crippen molar-refractivity contribution in [2.24, 2.45) is 0 Å². The highest BCUT2D eigenvalue weighted by molar-refractivity contribution is 8.23. The molecule has 0 aliphatic rings. The second-order valence-electron chi connectivity index (χ2n) is 4.22. The zero-order valence-electron chi connectivity index (χ0n) is 11.9. The summed E-state index contributed by atoms with van der Waals surface area (Å²) < 4.78 is 15.2. The summed E-state index contributed by atoms with van der Waals surface area (Å²) in [6, 6.07) is 0. The molecule has 0 bridgehead atoms. The van der Waals surface area contributed by atoms with E-state index in [1.54, 1.807) is 6.92 Å². The molecule has 0 aliphatic carbocycles. The number of halogens is 1. The van der Waals surface area contributed by atoms with Crippen molar-refractivity contribution >= 4 is 51.9 Å². The maximum atomic E-state index is 11.6. The third-order valence-electron chi connectivity index (χ3n) is 1.91. The third-order valence-corrected chi connectivity index (χ3v) is 3.33. The Labute approximate surface area is 133 Å². The van der Waals surface area contributed by atoms with Crippen molar-refractivity contribution in [2.45, 2.75) is 37.8 Å². The molecule has 0 aromatic carbocycles. The minimum absolute atomic E-state index is 0.0240. The zero-order chi connectivity index (χ0) is 15.8. The Morgan fingerprint density at radius 2 is 1.80 bits per heavy atom. The SMILES string of the molecule is CCOC(=S)SC(C)C(=O)OCCOC(=O)C(C)(C)Cl. The Kier molecular flexibility index (Phi) is 9.16. The van der Waals surface area contributed by atoms with Crippen LogP contribution >= 0.6 is 35.6 Å². The van der Waals surface area contributed by atoms with E-state index in [4.69, 9.17) is 38.0 Å². The number of ether oxygens (including phenoxy) is 3. The van der Waals surface area contributed by atoms with Gasteiger partial charge in [-0.1, -0.05) is 11.8 Å². The van der Waals surface area contributed by atoms with Crippen molar-refractivity contribution in [2.75, 3.05) is 19.8 Å². The first kappa shape index (κ1) is 19.5. The van der Waals surface area contributed by atoms with Crippen LogP contribution in [0.25, 0.3) is 0 Å². The van der Waals surface area contributed by atoms with E-state index in [0.29, 0.717) is 11.0 Å². The molecule has 0 saturated carbocycles. The van der Waals surface area contributed by atoms with E-state index >= 15 is 0 Å². The first-order valence-electron chi connectivity index (χ1n) is 6.04. The molecule has 20 heavy (non-hydrogen) atoms. The van der Waals surface area contributed by atoms with Gasteiger partial charge in [0.2, 0.25) is 4.38 Å². The molecule has 0 fully saturated rings. The molecule has 0 aromatic heterocycles. The van der Waals surface area contributed by atoms with Crippen molar-refractivity contribution in [3.05, 3.63) is 0 Å². The lowest BCUT2D eigenvalue weighted by molar-refractivity contribution is -0.153. The second kappa shape index (κ2) is 9.41. The summed E-state index contributed by atoms with van der Waals surface area (Å²) in [7, 11) is 0. The minimum Gasteiger partial charge on any atom is -0.479 e. The Morgan fingerprint density at radius 3 is 2.30 bits per heavy atom. The lowest BCUT2D eigenvalue weighted by Gasteiger charge is -2.15. The van der Waals surface area contributed by atoms with Crippen molar-refractivity contribution in [3.63, 3.8) is 0 Å². The average Bonchev–Trinajstić information content (AvgIpc) is 2.32. The van der Waals surface area contributed by atoms with Gasteiger partial charge >= 0.3 is 11.9 Å². The standard InChI is InChI=1S/C12H19ClO5S2/c1-5-16-11(19)20-8(2)9(14)17-6-7-18-10(15)12(3,4)13/h8H,5-7H2,1-4H3. The van der Waals surface area contributed by atoms with Gasteiger partial charge in [0.1, 0.15) is 23.3 Å². The van der Waals surface area contributed by atoms with Crippen molar-refractivity contribution in [1.29, 1.82) is 0 Å². The summed E-state index contributed by atoms with van der Waals surface area (Å²) in [4.78, 5) is 21.8. The van der Waals surface area contributed by atoms with Crippen molar-refractivity contribution in [3.8, 4) is 0 Å². The molecule has 0 spiro atoms. The lowest BCUT2D eigenvalue weighted by Crippen LogP contribution is -2.29. The summed E-state index contributed by atoms with van der Waals surface area (Å²) in [6.45, 7) is 6.91. The van der Waals surface area contributed by atoms with Gasteiger partial charge in [-0.25, -0.2) is 0 Å². The summed E-state index contributed by atoms with van der Waals surface area (Å²) in [5.74, 6) is -1.01. The monoisotopic (exact) mass is 342 g/mol. The van der Waals surface area contributed by atoms with Crippen LogP contribution in [0, 0.1) is 0 Å². The van der Waals surface area contributed by atoms with Gasteiger partial charge in [0, 0.05) is 0 Å². The number of alkyl halides is 1. The van der Waals surface area contributed by atoms with Gasteiger partial charge in [-0.3, -0.25) is 9.59 Å².